The molecule has 2 fully saturated rings. The fraction of sp³-hybridized carbons (Fsp3) is 1.00. The number of hydrogen-bond acceptors (Lipinski definition) is 2. The lowest BCUT2D eigenvalue weighted by molar-refractivity contribution is -0.0637. The molecular weight excluding hydrogens is 186 g/mol. The van der Waals surface area contributed by atoms with E-state index < -0.39 is 0 Å². The second-order valence-corrected chi connectivity index (χ2v) is 5.79. The van der Waals surface area contributed by atoms with Gasteiger partial charge in [0.15, 0.2) is 0 Å². The Morgan fingerprint density at radius 1 is 1.27 bits per heavy atom. The van der Waals surface area contributed by atoms with Crippen LogP contribution in [0.5, 0.6) is 0 Å². The van der Waals surface area contributed by atoms with Gasteiger partial charge in [-0.25, -0.2) is 0 Å². The van der Waals surface area contributed by atoms with Crippen LogP contribution in [0.1, 0.15) is 52.9 Å². The largest absolute Gasteiger partial charge is 0.373 e. The monoisotopic (exact) mass is 211 g/mol. The molecular formula is C13H25NO. The van der Waals surface area contributed by atoms with Crippen molar-refractivity contribution >= 4 is 0 Å². The van der Waals surface area contributed by atoms with Crippen LogP contribution >= 0.6 is 0 Å². The van der Waals surface area contributed by atoms with Crippen LogP contribution in [0.3, 0.4) is 0 Å². The third-order valence-corrected chi connectivity index (χ3v) is 4.13. The van der Waals surface area contributed by atoms with E-state index in [-0.39, 0.29) is 0 Å². The van der Waals surface area contributed by atoms with E-state index in [1.165, 1.54) is 32.1 Å². The Hall–Kier alpha value is -0.0800. The zero-order valence-corrected chi connectivity index (χ0v) is 10.4. The third-order valence-electron chi connectivity index (χ3n) is 4.13. The molecule has 2 rings (SSSR count). The van der Waals surface area contributed by atoms with Crippen molar-refractivity contribution in [2.45, 2.75) is 71.1 Å². The van der Waals surface area contributed by atoms with Crippen molar-refractivity contribution in [2.75, 3.05) is 6.54 Å². The highest BCUT2D eigenvalue weighted by molar-refractivity contribution is 4.97. The molecule has 0 aromatic heterocycles. The first-order chi connectivity index (χ1) is 7.13. The summed E-state index contributed by atoms with van der Waals surface area (Å²) in [6, 6.07) is 0.558. The van der Waals surface area contributed by atoms with Crippen LogP contribution in [0, 0.1) is 5.41 Å². The van der Waals surface area contributed by atoms with E-state index >= 15 is 0 Å². The van der Waals surface area contributed by atoms with E-state index in [0.29, 0.717) is 23.7 Å². The summed E-state index contributed by atoms with van der Waals surface area (Å²) in [4.78, 5) is 0. The summed E-state index contributed by atoms with van der Waals surface area (Å²) in [5.41, 5.74) is 0.407. The van der Waals surface area contributed by atoms with Gasteiger partial charge in [-0.15, -0.1) is 0 Å². The molecule has 0 heterocycles. The summed E-state index contributed by atoms with van der Waals surface area (Å²) < 4.78 is 6.19. The van der Waals surface area contributed by atoms with Gasteiger partial charge in [0.25, 0.3) is 0 Å². The van der Waals surface area contributed by atoms with Crippen LogP contribution < -0.4 is 5.32 Å². The molecule has 2 aliphatic carbocycles. The highest BCUT2D eigenvalue weighted by Gasteiger charge is 2.43. The van der Waals surface area contributed by atoms with Gasteiger partial charge in [0.1, 0.15) is 0 Å². The lowest BCUT2D eigenvalue weighted by atomic mass is 9.86. The summed E-state index contributed by atoms with van der Waals surface area (Å²) in [6.45, 7) is 7.97. The van der Waals surface area contributed by atoms with Crippen LogP contribution in [0.2, 0.25) is 0 Å². The second-order valence-electron chi connectivity index (χ2n) is 5.79. The van der Waals surface area contributed by atoms with Gasteiger partial charge in [-0.2, -0.15) is 0 Å². The molecule has 1 N–H and O–H groups in total. The maximum absolute atomic E-state index is 6.19. The van der Waals surface area contributed by atoms with Gasteiger partial charge in [-0.1, -0.05) is 20.8 Å². The quantitative estimate of drug-likeness (QED) is 0.772. The number of rotatable bonds is 4. The minimum Gasteiger partial charge on any atom is -0.373 e. The first-order valence-electron chi connectivity index (χ1n) is 6.52. The average molecular weight is 211 g/mol. The minimum atomic E-state index is 0.407. The van der Waals surface area contributed by atoms with Gasteiger partial charge >= 0.3 is 0 Å². The van der Waals surface area contributed by atoms with E-state index in [9.17, 15) is 0 Å². The Morgan fingerprint density at radius 3 is 2.53 bits per heavy atom. The summed E-state index contributed by atoms with van der Waals surface area (Å²) >= 11 is 0. The molecule has 2 heteroatoms. The fourth-order valence-corrected chi connectivity index (χ4v) is 2.87. The number of nitrogens with one attached hydrogen (secondary N) is 1. The topological polar surface area (TPSA) is 21.3 Å². The van der Waals surface area contributed by atoms with Crippen molar-refractivity contribution in [1.29, 1.82) is 0 Å². The highest BCUT2D eigenvalue weighted by atomic mass is 16.5. The standard InChI is InChI=1S/C13H25NO/c1-4-14-12-11(8-9-13(12,2)3)15-10-6-5-7-10/h10-12,14H,4-9H2,1-3H3. The van der Waals surface area contributed by atoms with Gasteiger partial charge in [-0.05, 0) is 44.1 Å². The Kier molecular flexibility index (Phi) is 3.36. The zero-order chi connectivity index (χ0) is 10.9. The Labute approximate surface area is 93.8 Å². The van der Waals surface area contributed by atoms with Crippen LogP contribution in [0.25, 0.3) is 0 Å². The lowest BCUT2D eigenvalue weighted by Crippen LogP contribution is -2.47. The van der Waals surface area contributed by atoms with E-state index in [1.54, 1.807) is 0 Å². The van der Waals surface area contributed by atoms with Crippen molar-refractivity contribution < 1.29 is 4.74 Å². The molecule has 2 atom stereocenters. The maximum atomic E-state index is 6.19. The molecule has 2 unspecified atom stereocenters. The number of hydrogen-bond donors (Lipinski definition) is 1. The van der Waals surface area contributed by atoms with Gasteiger partial charge < -0.3 is 10.1 Å². The summed E-state index contributed by atoms with van der Waals surface area (Å²) in [5.74, 6) is 0. The van der Waals surface area contributed by atoms with Crippen LogP contribution in [0.4, 0.5) is 0 Å². The van der Waals surface area contributed by atoms with Crippen molar-refractivity contribution in [2.24, 2.45) is 5.41 Å². The third kappa shape index (κ3) is 2.36. The molecule has 15 heavy (non-hydrogen) atoms. The average Bonchev–Trinajstić information content (AvgIpc) is 2.38. The molecule has 0 aromatic carbocycles. The molecule has 0 aromatic rings. The molecule has 2 aliphatic rings. The molecule has 0 saturated heterocycles. The zero-order valence-electron chi connectivity index (χ0n) is 10.4. The predicted molar refractivity (Wildman–Crippen MR) is 63.0 cm³/mol. The van der Waals surface area contributed by atoms with Crippen LogP contribution in [-0.2, 0) is 4.74 Å². The predicted octanol–water partition coefficient (Wildman–Crippen LogP) is 2.72. The molecule has 0 bridgehead atoms. The van der Waals surface area contributed by atoms with E-state index in [1.807, 2.05) is 0 Å². The maximum Gasteiger partial charge on any atom is 0.0737 e. The van der Waals surface area contributed by atoms with Gasteiger partial charge in [0.05, 0.1) is 12.2 Å². The van der Waals surface area contributed by atoms with E-state index in [4.69, 9.17) is 4.74 Å². The Balaban J connectivity index is 1.91. The molecule has 2 nitrogen and oxygen atoms in total. The first-order valence-corrected chi connectivity index (χ1v) is 6.52. The minimum absolute atomic E-state index is 0.407. The fourth-order valence-electron chi connectivity index (χ4n) is 2.87. The normalized spacial score (nSPS) is 35.4. The van der Waals surface area contributed by atoms with E-state index in [0.717, 1.165) is 6.54 Å². The number of likely N-dealkylation sites (N-methyl/N-ethyl adjacent to an activating group) is 1. The molecule has 0 spiro atoms. The summed E-state index contributed by atoms with van der Waals surface area (Å²) in [5, 5.41) is 3.61. The Morgan fingerprint density at radius 2 is 2.00 bits per heavy atom. The summed E-state index contributed by atoms with van der Waals surface area (Å²) in [7, 11) is 0. The lowest BCUT2D eigenvalue weighted by Gasteiger charge is -2.35. The van der Waals surface area contributed by atoms with E-state index in [2.05, 4.69) is 26.1 Å². The molecule has 2 saturated carbocycles. The van der Waals surface area contributed by atoms with Gasteiger partial charge in [0.2, 0.25) is 0 Å². The molecule has 0 aliphatic heterocycles. The molecule has 0 radical (unpaired) electrons. The highest BCUT2D eigenvalue weighted by Crippen LogP contribution is 2.40. The van der Waals surface area contributed by atoms with Crippen molar-refractivity contribution in [3.05, 3.63) is 0 Å². The van der Waals surface area contributed by atoms with Gasteiger partial charge in [-0.3, -0.25) is 0 Å². The van der Waals surface area contributed by atoms with Crippen LogP contribution in [0.15, 0.2) is 0 Å². The second kappa shape index (κ2) is 4.42. The molecule has 88 valence electrons. The van der Waals surface area contributed by atoms with Crippen molar-refractivity contribution in [3.63, 3.8) is 0 Å². The number of ether oxygens (including phenoxy) is 1. The van der Waals surface area contributed by atoms with Gasteiger partial charge in [0, 0.05) is 6.04 Å². The molecule has 0 amide bonds. The van der Waals surface area contributed by atoms with Crippen molar-refractivity contribution in [1.82, 2.24) is 5.32 Å². The van der Waals surface area contributed by atoms with Crippen molar-refractivity contribution in [3.8, 4) is 0 Å². The SMILES string of the molecule is CCNC1C(OC2CCC2)CCC1(C)C. The Bertz CT molecular complexity index is 211. The first kappa shape index (κ1) is 11.4. The smallest absolute Gasteiger partial charge is 0.0737 e. The van der Waals surface area contributed by atoms with Crippen LogP contribution in [-0.4, -0.2) is 24.8 Å². The summed E-state index contributed by atoms with van der Waals surface area (Å²) in [6.07, 6.45) is 7.51.